The Kier molecular flexibility index (Phi) is 5.34. The molecule has 0 heterocycles. The summed E-state index contributed by atoms with van der Waals surface area (Å²) in [5.74, 6) is 0.664. The van der Waals surface area contributed by atoms with Crippen molar-refractivity contribution in [2.45, 2.75) is 32.9 Å². The van der Waals surface area contributed by atoms with E-state index in [1.807, 2.05) is 48.5 Å². The van der Waals surface area contributed by atoms with Crippen LogP contribution in [0.5, 0.6) is 5.75 Å². The second-order valence-corrected chi connectivity index (χ2v) is 6.08. The van der Waals surface area contributed by atoms with Gasteiger partial charge in [-0.2, -0.15) is 0 Å². The van der Waals surface area contributed by atoms with Crippen LogP contribution in [0.4, 0.5) is 0 Å². The number of carbonyl (C=O) groups is 1. The molecule has 1 N–H and O–H groups in total. The summed E-state index contributed by atoms with van der Waals surface area (Å²) in [4.78, 5) is 12.4. The number of fused-ring (bicyclic) bond motifs is 1. The van der Waals surface area contributed by atoms with Gasteiger partial charge in [-0.25, -0.2) is 0 Å². The number of hydrogen-bond donors (Lipinski definition) is 1. The Morgan fingerprint density at radius 1 is 0.960 bits per heavy atom. The van der Waals surface area contributed by atoms with Crippen molar-refractivity contribution in [3.63, 3.8) is 0 Å². The maximum Gasteiger partial charge on any atom is 0.261 e. The number of aryl methyl sites for hydroxylation is 1. The van der Waals surface area contributed by atoms with Crippen molar-refractivity contribution in [3.05, 3.63) is 77.9 Å². The van der Waals surface area contributed by atoms with Gasteiger partial charge in [0.2, 0.25) is 0 Å². The van der Waals surface area contributed by atoms with Crippen molar-refractivity contribution in [1.82, 2.24) is 5.32 Å². The Labute approximate surface area is 148 Å². The van der Waals surface area contributed by atoms with Gasteiger partial charge in [-0.15, -0.1) is 0 Å². The quantitative estimate of drug-likeness (QED) is 0.722. The van der Waals surface area contributed by atoms with Gasteiger partial charge >= 0.3 is 0 Å². The SMILES string of the molecule is CCc1ccccc1O[C@@H](C)C(=O)NCc1cccc2ccccc12. The molecule has 3 aromatic carbocycles. The third-order valence-electron chi connectivity index (χ3n) is 4.36. The highest BCUT2D eigenvalue weighted by atomic mass is 16.5. The summed E-state index contributed by atoms with van der Waals surface area (Å²) in [5.41, 5.74) is 2.21. The molecular formula is C22H23NO2. The fourth-order valence-electron chi connectivity index (χ4n) is 2.93. The van der Waals surface area contributed by atoms with E-state index in [1.165, 1.54) is 5.39 Å². The lowest BCUT2D eigenvalue weighted by Crippen LogP contribution is -2.36. The molecule has 0 fully saturated rings. The molecular weight excluding hydrogens is 310 g/mol. The van der Waals surface area contributed by atoms with E-state index < -0.39 is 6.10 Å². The largest absolute Gasteiger partial charge is 0.481 e. The Hall–Kier alpha value is -2.81. The highest BCUT2D eigenvalue weighted by Gasteiger charge is 2.16. The molecule has 0 bridgehead atoms. The molecule has 3 aromatic rings. The van der Waals surface area contributed by atoms with E-state index in [0.29, 0.717) is 6.54 Å². The van der Waals surface area contributed by atoms with Crippen LogP contribution in [0.1, 0.15) is 25.0 Å². The summed E-state index contributed by atoms with van der Waals surface area (Å²) >= 11 is 0. The van der Waals surface area contributed by atoms with Crippen LogP contribution in [-0.4, -0.2) is 12.0 Å². The normalized spacial score (nSPS) is 11.9. The van der Waals surface area contributed by atoms with Gasteiger partial charge in [-0.1, -0.05) is 67.6 Å². The Balaban J connectivity index is 1.65. The van der Waals surface area contributed by atoms with Gasteiger partial charge in [-0.05, 0) is 41.3 Å². The molecule has 0 aliphatic heterocycles. The molecule has 0 aliphatic carbocycles. The van der Waals surface area contributed by atoms with E-state index in [9.17, 15) is 4.79 Å². The molecule has 0 saturated heterocycles. The second kappa shape index (κ2) is 7.84. The van der Waals surface area contributed by atoms with Crippen molar-refractivity contribution in [2.75, 3.05) is 0 Å². The summed E-state index contributed by atoms with van der Waals surface area (Å²) in [5, 5.41) is 5.32. The van der Waals surface area contributed by atoms with Crippen molar-refractivity contribution in [3.8, 4) is 5.75 Å². The standard InChI is InChI=1S/C22H23NO2/c1-3-17-9-5-7-14-21(17)25-16(2)22(24)23-15-19-12-8-11-18-10-4-6-13-20(18)19/h4-14,16H,3,15H2,1-2H3,(H,23,24)/t16-/m0/s1. The van der Waals surface area contributed by atoms with Gasteiger partial charge in [0, 0.05) is 6.54 Å². The molecule has 3 heteroatoms. The van der Waals surface area contributed by atoms with Gasteiger partial charge in [0.25, 0.3) is 5.91 Å². The first-order valence-corrected chi connectivity index (χ1v) is 8.68. The van der Waals surface area contributed by atoms with E-state index in [2.05, 4.69) is 30.4 Å². The van der Waals surface area contributed by atoms with Crippen molar-refractivity contribution < 1.29 is 9.53 Å². The minimum atomic E-state index is -0.539. The molecule has 0 aromatic heterocycles. The van der Waals surface area contributed by atoms with Crippen LogP contribution in [0, 0.1) is 0 Å². The number of carbonyl (C=O) groups excluding carboxylic acids is 1. The number of nitrogens with one attached hydrogen (secondary N) is 1. The summed E-state index contributed by atoms with van der Waals surface area (Å²) in [6.45, 7) is 4.35. The number of ether oxygens (including phenoxy) is 1. The fourth-order valence-corrected chi connectivity index (χ4v) is 2.93. The molecule has 128 valence electrons. The minimum Gasteiger partial charge on any atom is -0.481 e. The lowest BCUT2D eigenvalue weighted by Gasteiger charge is -2.17. The first-order valence-electron chi connectivity index (χ1n) is 8.68. The predicted molar refractivity (Wildman–Crippen MR) is 102 cm³/mol. The van der Waals surface area contributed by atoms with Gasteiger partial charge in [0.15, 0.2) is 6.10 Å². The predicted octanol–water partition coefficient (Wildman–Crippen LogP) is 4.49. The molecule has 3 rings (SSSR count). The highest BCUT2D eigenvalue weighted by Crippen LogP contribution is 2.20. The molecule has 3 nitrogen and oxygen atoms in total. The number of rotatable bonds is 6. The lowest BCUT2D eigenvalue weighted by atomic mass is 10.0. The Morgan fingerprint density at radius 3 is 2.48 bits per heavy atom. The van der Waals surface area contributed by atoms with Gasteiger partial charge < -0.3 is 10.1 Å². The van der Waals surface area contributed by atoms with Crippen LogP contribution in [0.3, 0.4) is 0 Å². The van der Waals surface area contributed by atoms with E-state index >= 15 is 0 Å². The molecule has 1 atom stereocenters. The summed E-state index contributed by atoms with van der Waals surface area (Å²) in [6, 6.07) is 22.2. The van der Waals surface area contributed by atoms with Gasteiger partial charge in [0.05, 0.1) is 0 Å². The highest BCUT2D eigenvalue weighted by molar-refractivity contribution is 5.86. The Morgan fingerprint density at radius 2 is 1.64 bits per heavy atom. The maximum atomic E-state index is 12.4. The molecule has 25 heavy (non-hydrogen) atoms. The smallest absolute Gasteiger partial charge is 0.261 e. The summed E-state index contributed by atoms with van der Waals surface area (Å²) < 4.78 is 5.86. The van der Waals surface area contributed by atoms with E-state index in [1.54, 1.807) is 6.92 Å². The summed E-state index contributed by atoms with van der Waals surface area (Å²) in [7, 11) is 0. The third kappa shape index (κ3) is 4.00. The monoisotopic (exact) mass is 333 g/mol. The maximum absolute atomic E-state index is 12.4. The van der Waals surface area contributed by atoms with Crippen LogP contribution in [0.2, 0.25) is 0 Å². The van der Waals surface area contributed by atoms with Gasteiger partial charge in [-0.3, -0.25) is 4.79 Å². The fraction of sp³-hybridized carbons (Fsp3) is 0.227. The molecule has 0 radical (unpaired) electrons. The number of para-hydroxylation sites is 1. The van der Waals surface area contributed by atoms with Crippen LogP contribution in [0.15, 0.2) is 66.7 Å². The zero-order valence-electron chi connectivity index (χ0n) is 14.7. The van der Waals surface area contributed by atoms with Crippen molar-refractivity contribution in [1.29, 1.82) is 0 Å². The molecule has 0 unspecified atom stereocenters. The van der Waals surface area contributed by atoms with Crippen LogP contribution >= 0.6 is 0 Å². The number of benzene rings is 3. The lowest BCUT2D eigenvalue weighted by molar-refractivity contribution is -0.127. The molecule has 0 aliphatic rings. The third-order valence-corrected chi connectivity index (χ3v) is 4.36. The number of amides is 1. The average Bonchev–Trinajstić information content (AvgIpc) is 2.66. The van der Waals surface area contributed by atoms with Crippen LogP contribution in [-0.2, 0) is 17.8 Å². The van der Waals surface area contributed by atoms with Crippen molar-refractivity contribution >= 4 is 16.7 Å². The van der Waals surface area contributed by atoms with Crippen LogP contribution < -0.4 is 10.1 Å². The van der Waals surface area contributed by atoms with E-state index in [-0.39, 0.29) is 5.91 Å². The summed E-state index contributed by atoms with van der Waals surface area (Å²) in [6.07, 6.45) is 0.336. The molecule has 0 saturated carbocycles. The molecule has 1 amide bonds. The van der Waals surface area contributed by atoms with Crippen molar-refractivity contribution in [2.24, 2.45) is 0 Å². The van der Waals surface area contributed by atoms with E-state index in [4.69, 9.17) is 4.74 Å². The van der Waals surface area contributed by atoms with Crippen LogP contribution in [0.25, 0.3) is 10.8 Å². The topological polar surface area (TPSA) is 38.3 Å². The first kappa shape index (κ1) is 17.0. The minimum absolute atomic E-state index is 0.112. The first-order chi connectivity index (χ1) is 12.2. The van der Waals surface area contributed by atoms with Gasteiger partial charge in [0.1, 0.15) is 5.75 Å². The second-order valence-electron chi connectivity index (χ2n) is 6.08. The van der Waals surface area contributed by atoms with E-state index in [0.717, 1.165) is 28.7 Å². The molecule has 0 spiro atoms. The average molecular weight is 333 g/mol. The number of hydrogen-bond acceptors (Lipinski definition) is 2. The Bertz CT molecular complexity index is 867. The zero-order chi connectivity index (χ0) is 17.6. The zero-order valence-corrected chi connectivity index (χ0v) is 14.7.